The van der Waals surface area contributed by atoms with Crippen molar-refractivity contribution in [3.05, 3.63) is 30.0 Å². The van der Waals surface area contributed by atoms with Crippen LogP contribution in [0.3, 0.4) is 0 Å². The number of ether oxygens (including phenoxy) is 1. The van der Waals surface area contributed by atoms with Crippen molar-refractivity contribution >= 4 is 16.9 Å². The zero-order valence-corrected chi connectivity index (χ0v) is 9.77. The number of phenols is 1. The second-order valence-electron chi connectivity index (χ2n) is 3.84. The average molecular weight is 234 g/mol. The summed E-state index contributed by atoms with van der Waals surface area (Å²) in [5, 5.41) is 10.1. The van der Waals surface area contributed by atoms with E-state index in [0.717, 1.165) is 5.39 Å². The van der Waals surface area contributed by atoms with Crippen LogP contribution in [0, 0.1) is 0 Å². The van der Waals surface area contributed by atoms with Crippen molar-refractivity contribution in [3.63, 3.8) is 0 Å². The number of carbonyl (C=O) groups is 1. The van der Waals surface area contributed by atoms with Crippen molar-refractivity contribution in [2.45, 2.75) is 19.8 Å². The zero-order valence-electron chi connectivity index (χ0n) is 9.77. The fourth-order valence-electron chi connectivity index (χ4n) is 1.65. The number of rotatable bonds is 3. The van der Waals surface area contributed by atoms with Gasteiger partial charge in [0, 0.05) is 5.39 Å². The largest absolute Gasteiger partial charge is 0.508 e. The van der Waals surface area contributed by atoms with Gasteiger partial charge in [-0.15, -0.1) is 0 Å². The Labute approximate surface area is 98.8 Å². The van der Waals surface area contributed by atoms with Crippen molar-refractivity contribution in [1.29, 1.82) is 0 Å². The molecule has 0 spiro atoms. The Kier molecular flexibility index (Phi) is 3.04. The van der Waals surface area contributed by atoms with Gasteiger partial charge in [-0.25, -0.2) is 0 Å². The molecule has 1 N–H and O–H groups in total. The molecular weight excluding hydrogens is 220 g/mol. The highest BCUT2D eigenvalue weighted by Gasteiger charge is 2.20. The monoisotopic (exact) mass is 234 g/mol. The van der Waals surface area contributed by atoms with E-state index in [9.17, 15) is 9.90 Å². The summed E-state index contributed by atoms with van der Waals surface area (Å²) in [7, 11) is 0. The molecule has 0 saturated carbocycles. The van der Waals surface area contributed by atoms with Gasteiger partial charge in [0.1, 0.15) is 23.0 Å². The van der Waals surface area contributed by atoms with E-state index >= 15 is 0 Å². The number of benzene rings is 1. The summed E-state index contributed by atoms with van der Waals surface area (Å²) in [6.45, 7) is 3.85. The number of hydrogen-bond acceptors (Lipinski definition) is 4. The predicted molar refractivity (Wildman–Crippen MR) is 62.9 cm³/mol. The van der Waals surface area contributed by atoms with Gasteiger partial charge in [0.25, 0.3) is 0 Å². The number of fused-ring (bicyclic) bond motifs is 1. The Morgan fingerprint density at radius 3 is 2.94 bits per heavy atom. The first-order valence-corrected chi connectivity index (χ1v) is 5.51. The van der Waals surface area contributed by atoms with Gasteiger partial charge < -0.3 is 14.3 Å². The third-order valence-corrected chi connectivity index (χ3v) is 2.59. The Morgan fingerprint density at radius 2 is 2.24 bits per heavy atom. The molecule has 0 aliphatic rings. The van der Waals surface area contributed by atoms with E-state index in [0.29, 0.717) is 18.0 Å². The van der Waals surface area contributed by atoms with Crippen molar-refractivity contribution < 1.29 is 19.1 Å². The Hall–Kier alpha value is -1.97. The van der Waals surface area contributed by atoms with Crippen molar-refractivity contribution in [2.24, 2.45) is 0 Å². The maximum atomic E-state index is 11.6. The Bertz CT molecular complexity index is 541. The summed E-state index contributed by atoms with van der Waals surface area (Å²) >= 11 is 0. The van der Waals surface area contributed by atoms with Gasteiger partial charge in [-0.05, 0) is 38.1 Å². The molecule has 1 aromatic heterocycles. The van der Waals surface area contributed by atoms with Crippen LogP contribution in [0.25, 0.3) is 11.0 Å². The van der Waals surface area contributed by atoms with Gasteiger partial charge in [-0.3, -0.25) is 4.79 Å². The van der Waals surface area contributed by atoms with Crippen LogP contribution in [0.1, 0.15) is 25.5 Å². The number of phenolic OH excluding ortho intramolecular Hbond substituents is 1. The lowest BCUT2D eigenvalue weighted by atomic mass is 10.1. The standard InChI is InChI=1S/C13H14O4/c1-3-16-13(15)8(2)12-7-9-6-10(14)4-5-11(9)17-12/h4-8,14H,3H2,1-2H3. The zero-order chi connectivity index (χ0) is 12.4. The SMILES string of the molecule is CCOC(=O)C(C)c1cc2cc(O)ccc2o1. The van der Waals surface area contributed by atoms with Gasteiger partial charge in [-0.2, -0.15) is 0 Å². The molecule has 0 saturated heterocycles. The first kappa shape index (κ1) is 11.5. The van der Waals surface area contributed by atoms with Gasteiger partial charge in [0.15, 0.2) is 0 Å². The van der Waals surface area contributed by atoms with E-state index < -0.39 is 5.92 Å². The molecule has 2 rings (SSSR count). The third kappa shape index (κ3) is 2.25. The van der Waals surface area contributed by atoms with Crippen LogP contribution in [0.5, 0.6) is 5.75 Å². The molecule has 0 radical (unpaired) electrons. The minimum absolute atomic E-state index is 0.175. The fourth-order valence-corrected chi connectivity index (χ4v) is 1.65. The van der Waals surface area contributed by atoms with Crippen LogP contribution in [0.2, 0.25) is 0 Å². The predicted octanol–water partition coefficient (Wildman–Crippen LogP) is 2.81. The highest BCUT2D eigenvalue weighted by atomic mass is 16.5. The van der Waals surface area contributed by atoms with Crippen molar-refractivity contribution in [3.8, 4) is 5.75 Å². The third-order valence-electron chi connectivity index (χ3n) is 2.59. The fraction of sp³-hybridized carbons (Fsp3) is 0.308. The normalized spacial score (nSPS) is 12.6. The highest BCUT2D eigenvalue weighted by Crippen LogP contribution is 2.28. The maximum Gasteiger partial charge on any atom is 0.316 e. The molecule has 0 fully saturated rings. The van der Waals surface area contributed by atoms with Gasteiger partial charge in [0.2, 0.25) is 0 Å². The lowest BCUT2D eigenvalue weighted by Crippen LogP contribution is -2.12. The Balaban J connectivity index is 2.33. The van der Waals surface area contributed by atoms with Crippen LogP contribution in [-0.4, -0.2) is 17.7 Å². The number of esters is 1. The maximum absolute atomic E-state index is 11.6. The Morgan fingerprint density at radius 1 is 1.47 bits per heavy atom. The number of carbonyl (C=O) groups excluding carboxylic acids is 1. The lowest BCUT2D eigenvalue weighted by Gasteiger charge is -2.06. The summed E-state index contributed by atoms with van der Waals surface area (Å²) in [5.74, 6) is -0.0297. The van der Waals surface area contributed by atoms with Gasteiger partial charge in [-0.1, -0.05) is 0 Å². The van der Waals surface area contributed by atoms with Crippen molar-refractivity contribution in [1.82, 2.24) is 0 Å². The van der Waals surface area contributed by atoms with Gasteiger partial charge >= 0.3 is 5.97 Å². The topological polar surface area (TPSA) is 59.7 Å². The summed E-state index contributed by atoms with van der Waals surface area (Å²) < 4.78 is 10.5. The molecule has 90 valence electrons. The molecule has 2 aromatic rings. The molecule has 17 heavy (non-hydrogen) atoms. The summed E-state index contributed by atoms with van der Waals surface area (Å²) in [6.07, 6.45) is 0. The number of hydrogen-bond donors (Lipinski definition) is 1. The first-order valence-electron chi connectivity index (χ1n) is 5.51. The quantitative estimate of drug-likeness (QED) is 0.829. The number of furan rings is 1. The first-order chi connectivity index (χ1) is 8.11. The second kappa shape index (κ2) is 4.49. The summed E-state index contributed by atoms with van der Waals surface area (Å²) in [5.41, 5.74) is 0.647. The van der Waals surface area contributed by atoms with E-state index in [1.807, 2.05) is 0 Å². The molecule has 0 aliphatic heterocycles. The lowest BCUT2D eigenvalue weighted by molar-refractivity contribution is -0.144. The molecular formula is C13H14O4. The molecule has 4 nitrogen and oxygen atoms in total. The summed E-state index contributed by atoms with van der Waals surface area (Å²) in [4.78, 5) is 11.6. The summed E-state index contributed by atoms with van der Waals surface area (Å²) in [6, 6.07) is 6.56. The molecule has 4 heteroatoms. The second-order valence-corrected chi connectivity index (χ2v) is 3.84. The minimum atomic E-state index is -0.440. The van der Waals surface area contributed by atoms with E-state index in [2.05, 4.69) is 0 Å². The highest BCUT2D eigenvalue weighted by molar-refractivity contribution is 5.83. The van der Waals surface area contributed by atoms with Crippen LogP contribution < -0.4 is 0 Å². The van der Waals surface area contributed by atoms with E-state index in [-0.39, 0.29) is 11.7 Å². The molecule has 1 heterocycles. The van der Waals surface area contributed by atoms with Crippen LogP contribution in [-0.2, 0) is 9.53 Å². The molecule has 1 unspecified atom stereocenters. The van der Waals surface area contributed by atoms with Crippen LogP contribution >= 0.6 is 0 Å². The van der Waals surface area contributed by atoms with E-state index in [1.54, 1.807) is 38.1 Å². The van der Waals surface area contributed by atoms with Crippen LogP contribution in [0.15, 0.2) is 28.7 Å². The molecule has 1 atom stereocenters. The van der Waals surface area contributed by atoms with E-state index in [1.165, 1.54) is 0 Å². The molecule has 0 amide bonds. The van der Waals surface area contributed by atoms with Gasteiger partial charge in [0.05, 0.1) is 6.61 Å². The molecule has 0 bridgehead atoms. The minimum Gasteiger partial charge on any atom is -0.508 e. The number of aromatic hydroxyl groups is 1. The van der Waals surface area contributed by atoms with Crippen molar-refractivity contribution in [2.75, 3.05) is 6.61 Å². The molecule has 1 aromatic carbocycles. The average Bonchev–Trinajstić information content (AvgIpc) is 2.71. The smallest absolute Gasteiger partial charge is 0.316 e. The van der Waals surface area contributed by atoms with Crippen LogP contribution in [0.4, 0.5) is 0 Å². The van der Waals surface area contributed by atoms with E-state index in [4.69, 9.17) is 9.15 Å². The molecule has 0 aliphatic carbocycles.